The second-order valence-corrected chi connectivity index (χ2v) is 10.6. The molecule has 0 bridgehead atoms. The summed E-state index contributed by atoms with van der Waals surface area (Å²) < 4.78 is 5.17. The van der Waals surface area contributed by atoms with E-state index in [9.17, 15) is 19.2 Å². The minimum absolute atomic E-state index is 0.305. The third-order valence-electron chi connectivity index (χ3n) is 8.46. The number of ether oxygens (including phenoxy) is 1. The number of rotatable bonds is 5. The van der Waals surface area contributed by atoms with E-state index in [1.807, 2.05) is 65.6 Å². The number of esters is 1. The van der Waals surface area contributed by atoms with Gasteiger partial charge in [-0.25, -0.2) is 0 Å². The van der Waals surface area contributed by atoms with Gasteiger partial charge in [0.25, 0.3) is 0 Å². The van der Waals surface area contributed by atoms with Crippen molar-refractivity contribution in [2.24, 2.45) is 5.92 Å². The Morgan fingerprint density at radius 1 is 0.857 bits per heavy atom. The largest absolute Gasteiger partial charge is 0.427 e. The van der Waals surface area contributed by atoms with Gasteiger partial charge in [-0.1, -0.05) is 48.6 Å². The van der Waals surface area contributed by atoms with E-state index >= 15 is 0 Å². The Bertz CT molecular complexity index is 1800. The first kappa shape index (κ1) is 25.6. The van der Waals surface area contributed by atoms with Crippen LogP contribution in [0.4, 0.5) is 11.4 Å². The molecule has 4 atom stereocenters. The minimum atomic E-state index is -1.39. The summed E-state index contributed by atoms with van der Waals surface area (Å²) in [5, 5.41) is 3.02. The molecule has 0 aliphatic carbocycles. The molecule has 1 aromatic heterocycles. The summed E-state index contributed by atoms with van der Waals surface area (Å²) in [6.45, 7) is 1.30. The maximum absolute atomic E-state index is 14.7. The average molecular weight is 556 g/mol. The van der Waals surface area contributed by atoms with Crippen molar-refractivity contribution in [1.29, 1.82) is 0 Å². The van der Waals surface area contributed by atoms with Crippen molar-refractivity contribution < 1.29 is 23.9 Å². The molecule has 3 aromatic carbocycles. The van der Waals surface area contributed by atoms with Gasteiger partial charge in [-0.2, -0.15) is 0 Å². The average Bonchev–Trinajstić information content (AvgIpc) is 3.49. The van der Waals surface area contributed by atoms with Gasteiger partial charge in [0.15, 0.2) is 11.6 Å². The Hall–Kier alpha value is -5.37. The van der Waals surface area contributed by atoms with Gasteiger partial charge in [0.1, 0.15) is 17.2 Å². The van der Waals surface area contributed by atoms with Gasteiger partial charge in [-0.3, -0.25) is 24.2 Å². The molecule has 0 unspecified atom stereocenters. The first-order valence-electron chi connectivity index (χ1n) is 13.6. The summed E-state index contributed by atoms with van der Waals surface area (Å²) in [6.07, 6.45) is 6.96. The maximum Gasteiger partial charge on any atom is 0.308 e. The summed E-state index contributed by atoms with van der Waals surface area (Å²) in [7, 11) is 0. The van der Waals surface area contributed by atoms with Crippen molar-refractivity contribution in [3.63, 3.8) is 0 Å². The monoisotopic (exact) mass is 555 g/mol. The zero-order chi connectivity index (χ0) is 29.0. The molecule has 206 valence electrons. The SMILES string of the molecule is CC(=O)Oc1ccc(C(=O)[C@@H]2[C@@H](C(=O)c3ccncc3)[C@]3(C(=O)Nc4ccccc43)[C@H]3C=Cc4ccccc4N23)cc1. The maximum atomic E-state index is 14.7. The molecule has 1 spiro atoms. The number of aromatic nitrogens is 1. The number of Topliss-reactive ketones (excluding diaryl/α,β-unsaturated/α-hetero) is 2. The third-order valence-corrected chi connectivity index (χ3v) is 8.46. The van der Waals surface area contributed by atoms with E-state index in [4.69, 9.17) is 4.74 Å². The third kappa shape index (κ3) is 3.65. The van der Waals surface area contributed by atoms with Gasteiger partial charge in [0.2, 0.25) is 5.91 Å². The Kier molecular flexibility index (Phi) is 5.86. The quantitative estimate of drug-likeness (QED) is 0.213. The van der Waals surface area contributed by atoms with E-state index in [1.165, 1.54) is 19.3 Å². The van der Waals surface area contributed by atoms with Crippen molar-refractivity contribution in [2.75, 3.05) is 10.2 Å². The number of hydrogen-bond acceptors (Lipinski definition) is 7. The minimum Gasteiger partial charge on any atom is -0.427 e. The molecule has 1 fully saturated rings. The number of benzene rings is 3. The van der Waals surface area contributed by atoms with E-state index < -0.39 is 29.4 Å². The molecule has 3 aliphatic rings. The van der Waals surface area contributed by atoms with Crippen LogP contribution in [-0.4, -0.2) is 40.5 Å². The number of carbonyl (C=O) groups excluding carboxylic acids is 4. The Labute approximate surface area is 241 Å². The predicted octanol–water partition coefficient (Wildman–Crippen LogP) is 4.86. The molecule has 7 rings (SSSR count). The molecular formula is C34H25N3O5. The Morgan fingerprint density at radius 2 is 1.55 bits per heavy atom. The van der Waals surface area contributed by atoms with Crippen LogP contribution in [0.5, 0.6) is 5.75 Å². The molecule has 1 saturated heterocycles. The lowest BCUT2D eigenvalue weighted by Crippen LogP contribution is -2.51. The number of amides is 1. The van der Waals surface area contributed by atoms with E-state index in [0.717, 1.165) is 11.3 Å². The lowest BCUT2D eigenvalue weighted by Gasteiger charge is -2.37. The smallest absolute Gasteiger partial charge is 0.308 e. The molecule has 0 radical (unpaired) electrons. The van der Waals surface area contributed by atoms with Crippen LogP contribution in [0.2, 0.25) is 0 Å². The number of fused-ring (bicyclic) bond motifs is 6. The highest BCUT2D eigenvalue weighted by molar-refractivity contribution is 6.18. The molecule has 8 nitrogen and oxygen atoms in total. The van der Waals surface area contributed by atoms with Gasteiger partial charge in [0, 0.05) is 41.8 Å². The van der Waals surface area contributed by atoms with Gasteiger partial charge in [-0.15, -0.1) is 0 Å². The Balaban J connectivity index is 1.48. The number of nitrogens with zero attached hydrogens (tertiary/aromatic N) is 2. The molecule has 1 N–H and O–H groups in total. The highest BCUT2D eigenvalue weighted by atomic mass is 16.5. The van der Waals surface area contributed by atoms with Crippen LogP contribution in [0.1, 0.15) is 38.8 Å². The highest BCUT2D eigenvalue weighted by Crippen LogP contribution is 2.58. The Morgan fingerprint density at radius 3 is 2.31 bits per heavy atom. The molecule has 0 saturated carbocycles. The summed E-state index contributed by atoms with van der Waals surface area (Å²) in [4.78, 5) is 61.2. The van der Waals surface area contributed by atoms with Crippen LogP contribution in [0, 0.1) is 5.92 Å². The van der Waals surface area contributed by atoms with Gasteiger partial charge in [-0.05, 0) is 59.7 Å². The number of carbonyl (C=O) groups is 4. The lowest BCUT2D eigenvalue weighted by atomic mass is 9.64. The number of para-hydroxylation sites is 2. The van der Waals surface area contributed by atoms with E-state index in [1.54, 1.807) is 36.4 Å². The van der Waals surface area contributed by atoms with Crippen molar-refractivity contribution in [3.05, 3.63) is 126 Å². The number of anilines is 2. The number of pyridine rings is 1. The first-order chi connectivity index (χ1) is 20.4. The fourth-order valence-electron chi connectivity index (χ4n) is 6.84. The topological polar surface area (TPSA) is 106 Å². The van der Waals surface area contributed by atoms with E-state index in [2.05, 4.69) is 10.3 Å². The second-order valence-electron chi connectivity index (χ2n) is 10.6. The van der Waals surface area contributed by atoms with Gasteiger partial charge in [0.05, 0.1) is 12.0 Å². The molecule has 8 heteroatoms. The highest BCUT2D eigenvalue weighted by Gasteiger charge is 2.70. The van der Waals surface area contributed by atoms with Crippen molar-refractivity contribution in [2.45, 2.75) is 24.4 Å². The number of hydrogen-bond donors (Lipinski definition) is 1. The number of nitrogens with one attached hydrogen (secondary N) is 1. The van der Waals surface area contributed by atoms with Crippen LogP contribution in [-0.2, 0) is 15.0 Å². The van der Waals surface area contributed by atoms with Crippen LogP contribution >= 0.6 is 0 Å². The second kappa shape index (κ2) is 9.62. The standard InChI is InChI=1S/C34H25N3O5/c1-20(38)42-24-13-10-22(11-14-24)32(40)30-29(31(39)23-16-18-35-19-17-23)34(25-7-3-4-8-26(25)36-33(34)41)28-15-12-21-6-2-5-9-27(21)37(28)30/h2-19,28-30H,1H3,(H,36,41)/t28-,29+,30+,34-/m1/s1. The van der Waals surface area contributed by atoms with Gasteiger partial charge >= 0.3 is 5.97 Å². The molecule has 1 amide bonds. The van der Waals surface area contributed by atoms with Crippen LogP contribution in [0.25, 0.3) is 6.08 Å². The zero-order valence-corrected chi connectivity index (χ0v) is 22.6. The van der Waals surface area contributed by atoms with Gasteiger partial charge < -0.3 is 15.0 Å². The molecule has 42 heavy (non-hydrogen) atoms. The molecular weight excluding hydrogens is 530 g/mol. The van der Waals surface area contributed by atoms with Crippen molar-refractivity contribution in [3.8, 4) is 5.75 Å². The van der Waals surface area contributed by atoms with E-state index in [0.29, 0.717) is 28.1 Å². The first-order valence-corrected chi connectivity index (χ1v) is 13.6. The fraction of sp³-hybridized carbons (Fsp3) is 0.147. The van der Waals surface area contributed by atoms with Crippen molar-refractivity contribution in [1.82, 2.24) is 4.98 Å². The summed E-state index contributed by atoms with van der Waals surface area (Å²) in [6, 6.07) is 22.9. The van der Waals surface area contributed by atoms with Crippen molar-refractivity contribution >= 4 is 40.9 Å². The zero-order valence-electron chi connectivity index (χ0n) is 22.6. The normalized spacial score (nSPS) is 23.1. The van der Waals surface area contributed by atoms with Crippen LogP contribution in [0.3, 0.4) is 0 Å². The summed E-state index contributed by atoms with van der Waals surface area (Å²) in [5.41, 5.74) is 2.27. The molecule has 4 aromatic rings. The number of ketones is 2. The van der Waals surface area contributed by atoms with Crippen LogP contribution < -0.4 is 15.0 Å². The summed E-state index contributed by atoms with van der Waals surface area (Å²) >= 11 is 0. The van der Waals surface area contributed by atoms with E-state index in [-0.39, 0.29) is 17.5 Å². The summed E-state index contributed by atoms with van der Waals surface area (Å²) in [5.74, 6) is -2.21. The predicted molar refractivity (Wildman–Crippen MR) is 156 cm³/mol. The fourth-order valence-corrected chi connectivity index (χ4v) is 6.84. The molecule has 3 aliphatic heterocycles. The van der Waals surface area contributed by atoms with Crippen LogP contribution in [0.15, 0.2) is 103 Å². The molecule has 4 heterocycles. The lowest BCUT2D eigenvalue weighted by molar-refractivity contribution is -0.131.